The zero-order valence-corrected chi connectivity index (χ0v) is 12.2. The van der Waals surface area contributed by atoms with E-state index < -0.39 is 0 Å². The van der Waals surface area contributed by atoms with Gasteiger partial charge in [-0.25, -0.2) is 0 Å². The van der Waals surface area contributed by atoms with E-state index in [2.05, 4.69) is 34.7 Å². The van der Waals surface area contributed by atoms with Gasteiger partial charge in [0.25, 0.3) is 0 Å². The highest BCUT2D eigenvalue weighted by atomic mass is 15.3. The van der Waals surface area contributed by atoms with E-state index in [9.17, 15) is 0 Å². The summed E-state index contributed by atoms with van der Waals surface area (Å²) in [5, 5.41) is 0. The third-order valence-corrected chi connectivity index (χ3v) is 4.16. The van der Waals surface area contributed by atoms with Gasteiger partial charge < -0.3 is 5.73 Å². The average molecular weight is 262 g/mol. The van der Waals surface area contributed by atoms with Crippen molar-refractivity contribution < 1.29 is 0 Å². The van der Waals surface area contributed by atoms with Gasteiger partial charge >= 0.3 is 0 Å². The van der Waals surface area contributed by atoms with Gasteiger partial charge in [-0.05, 0) is 25.0 Å². The summed E-state index contributed by atoms with van der Waals surface area (Å²) >= 11 is 0. The normalized spacial score (nSPS) is 19.5. The van der Waals surface area contributed by atoms with Crippen LogP contribution in [0.5, 0.6) is 0 Å². The number of aromatic nitrogens is 1. The van der Waals surface area contributed by atoms with E-state index in [1.165, 1.54) is 11.3 Å². The number of rotatable bonds is 5. The quantitative estimate of drug-likeness (QED) is 0.867. The fraction of sp³-hybridized carbons (Fsp3) is 0.667. The fourth-order valence-electron chi connectivity index (χ4n) is 2.76. The first-order valence-corrected chi connectivity index (χ1v) is 7.31. The number of nitrogens with zero attached hydrogens (tertiary/aromatic N) is 3. The van der Waals surface area contributed by atoms with Crippen LogP contribution in [-0.4, -0.2) is 53.5 Å². The van der Waals surface area contributed by atoms with Crippen LogP contribution in [-0.2, 0) is 6.54 Å². The standard InChI is InChI=1S/C15H26N4/c1-3-14(11-16)19-9-7-18(8-10-19)12-15-13(2)5-4-6-17-15/h4-6,14H,3,7-12,16H2,1-2H3. The lowest BCUT2D eigenvalue weighted by Crippen LogP contribution is -2.51. The minimum absolute atomic E-state index is 0.554. The molecule has 4 heteroatoms. The first kappa shape index (κ1) is 14.4. The molecule has 2 heterocycles. The van der Waals surface area contributed by atoms with Gasteiger partial charge in [-0.1, -0.05) is 13.0 Å². The lowest BCUT2D eigenvalue weighted by molar-refractivity contribution is 0.0918. The molecule has 2 rings (SSSR count). The van der Waals surface area contributed by atoms with Crippen LogP contribution in [0.15, 0.2) is 18.3 Å². The maximum absolute atomic E-state index is 5.83. The number of nitrogens with two attached hydrogens (primary N) is 1. The van der Waals surface area contributed by atoms with Crippen LogP contribution in [0.1, 0.15) is 24.6 Å². The summed E-state index contributed by atoms with van der Waals surface area (Å²) in [7, 11) is 0. The molecule has 1 atom stereocenters. The Kier molecular flexibility index (Phi) is 5.31. The van der Waals surface area contributed by atoms with Crippen molar-refractivity contribution >= 4 is 0 Å². The maximum Gasteiger partial charge on any atom is 0.0573 e. The monoisotopic (exact) mass is 262 g/mol. The Morgan fingerprint density at radius 1 is 1.32 bits per heavy atom. The van der Waals surface area contributed by atoms with Crippen LogP contribution in [0.4, 0.5) is 0 Å². The lowest BCUT2D eigenvalue weighted by atomic mass is 10.1. The average Bonchev–Trinajstić information content (AvgIpc) is 2.44. The summed E-state index contributed by atoms with van der Waals surface area (Å²) in [4.78, 5) is 9.51. The molecule has 106 valence electrons. The molecule has 0 radical (unpaired) electrons. The first-order valence-electron chi connectivity index (χ1n) is 7.31. The summed E-state index contributed by atoms with van der Waals surface area (Å²) in [6.07, 6.45) is 3.04. The van der Waals surface area contributed by atoms with Crippen molar-refractivity contribution in [2.45, 2.75) is 32.9 Å². The van der Waals surface area contributed by atoms with Crippen LogP contribution in [0.2, 0.25) is 0 Å². The van der Waals surface area contributed by atoms with E-state index in [4.69, 9.17) is 5.73 Å². The van der Waals surface area contributed by atoms with Gasteiger partial charge in [0.15, 0.2) is 0 Å². The second-order valence-corrected chi connectivity index (χ2v) is 5.38. The molecule has 0 spiro atoms. The molecule has 2 N–H and O–H groups in total. The van der Waals surface area contributed by atoms with Gasteiger partial charge in [0.1, 0.15) is 0 Å². The molecule has 0 amide bonds. The van der Waals surface area contributed by atoms with Gasteiger partial charge in [0.2, 0.25) is 0 Å². The highest BCUT2D eigenvalue weighted by molar-refractivity contribution is 5.17. The summed E-state index contributed by atoms with van der Waals surface area (Å²) in [5.41, 5.74) is 8.33. The topological polar surface area (TPSA) is 45.4 Å². The highest BCUT2D eigenvalue weighted by Gasteiger charge is 2.22. The Balaban J connectivity index is 1.85. The molecule has 1 aliphatic heterocycles. The predicted molar refractivity (Wildman–Crippen MR) is 79.0 cm³/mol. The van der Waals surface area contributed by atoms with Crippen LogP contribution >= 0.6 is 0 Å². The summed E-state index contributed by atoms with van der Waals surface area (Å²) < 4.78 is 0. The van der Waals surface area contributed by atoms with Crippen molar-refractivity contribution in [3.8, 4) is 0 Å². The Labute approximate surface area is 116 Å². The molecule has 1 saturated heterocycles. The Morgan fingerprint density at radius 3 is 2.63 bits per heavy atom. The molecular weight excluding hydrogens is 236 g/mol. The summed E-state index contributed by atoms with van der Waals surface area (Å²) in [6.45, 7) is 10.6. The van der Waals surface area contributed by atoms with Crippen molar-refractivity contribution in [1.29, 1.82) is 0 Å². The van der Waals surface area contributed by atoms with E-state index in [1.54, 1.807) is 0 Å². The van der Waals surface area contributed by atoms with Crippen molar-refractivity contribution in [3.05, 3.63) is 29.6 Å². The second-order valence-electron chi connectivity index (χ2n) is 5.38. The minimum Gasteiger partial charge on any atom is -0.329 e. The molecule has 19 heavy (non-hydrogen) atoms. The van der Waals surface area contributed by atoms with E-state index in [1.807, 2.05) is 12.3 Å². The molecule has 0 bridgehead atoms. The number of aryl methyl sites for hydroxylation is 1. The van der Waals surface area contributed by atoms with E-state index >= 15 is 0 Å². The van der Waals surface area contributed by atoms with Crippen molar-refractivity contribution in [3.63, 3.8) is 0 Å². The van der Waals surface area contributed by atoms with E-state index in [0.717, 1.165) is 45.7 Å². The minimum atomic E-state index is 0.554. The van der Waals surface area contributed by atoms with Crippen LogP contribution < -0.4 is 5.73 Å². The third-order valence-electron chi connectivity index (χ3n) is 4.16. The first-order chi connectivity index (χ1) is 9.24. The maximum atomic E-state index is 5.83. The molecule has 1 unspecified atom stereocenters. The smallest absolute Gasteiger partial charge is 0.0573 e. The number of pyridine rings is 1. The largest absolute Gasteiger partial charge is 0.329 e. The molecule has 1 aromatic heterocycles. The number of hydrogen-bond donors (Lipinski definition) is 1. The molecule has 0 aromatic carbocycles. The molecule has 1 aromatic rings. The van der Waals surface area contributed by atoms with Crippen LogP contribution in [0, 0.1) is 6.92 Å². The van der Waals surface area contributed by atoms with Crippen molar-refractivity contribution in [2.24, 2.45) is 5.73 Å². The molecule has 0 aliphatic carbocycles. The SMILES string of the molecule is CCC(CN)N1CCN(Cc2ncccc2C)CC1. The van der Waals surface area contributed by atoms with Crippen LogP contribution in [0.3, 0.4) is 0 Å². The van der Waals surface area contributed by atoms with Crippen molar-refractivity contribution in [2.75, 3.05) is 32.7 Å². The Morgan fingerprint density at radius 2 is 2.05 bits per heavy atom. The lowest BCUT2D eigenvalue weighted by Gasteiger charge is -2.38. The van der Waals surface area contributed by atoms with Gasteiger partial charge in [0, 0.05) is 51.5 Å². The fourth-order valence-corrected chi connectivity index (χ4v) is 2.76. The van der Waals surface area contributed by atoms with E-state index in [-0.39, 0.29) is 0 Å². The second kappa shape index (κ2) is 6.98. The predicted octanol–water partition coefficient (Wildman–Crippen LogP) is 1.24. The Hall–Kier alpha value is -0.970. The Bertz CT molecular complexity index is 381. The zero-order chi connectivity index (χ0) is 13.7. The van der Waals surface area contributed by atoms with Gasteiger partial charge in [0.05, 0.1) is 5.69 Å². The van der Waals surface area contributed by atoms with Gasteiger partial charge in [-0.2, -0.15) is 0 Å². The number of piperazine rings is 1. The molecule has 1 aliphatic rings. The zero-order valence-electron chi connectivity index (χ0n) is 12.2. The van der Waals surface area contributed by atoms with Crippen molar-refractivity contribution in [1.82, 2.24) is 14.8 Å². The van der Waals surface area contributed by atoms with Crippen LogP contribution in [0.25, 0.3) is 0 Å². The number of hydrogen-bond acceptors (Lipinski definition) is 4. The highest BCUT2D eigenvalue weighted by Crippen LogP contribution is 2.12. The van der Waals surface area contributed by atoms with E-state index in [0.29, 0.717) is 6.04 Å². The molecule has 4 nitrogen and oxygen atoms in total. The van der Waals surface area contributed by atoms with Gasteiger partial charge in [-0.3, -0.25) is 14.8 Å². The summed E-state index contributed by atoms with van der Waals surface area (Å²) in [5.74, 6) is 0. The van der Waals surface area contributed by atoms with Gasteiger partial charge in [-0.15, -0.1) is 0 Å². The molecular formula is C15H26N4. The summed E-state index contributed by atoms with van der Waals surface area (Å²) in [6, 6.07) is 4.70. The molecule has 0 saturated carbocycles. The third kappa shape index (κ3) is 3.75. The molecule has 1 fully saturated rings.